The van der Waals surface area contributed by atoms with E-state index >= 15 is 0 Å². The van der Waals surface area contributed by atoms with E-state index in [1.165, 1.54) is 11.8 Å². The Labute approximate surface area is 234 Å². The molecule has 0 N–H and O–H groups in total. The van der Waals surface area contributed by atoms with Crippen LogP contribution in [0.25, 0.3) is 6.08 Å². The lowest BCUT2D eigenvalue weighted by Gasteiger charge is -2.26. The molecule has 2 fully saturated rings. The van der Waals surface area contributed by atoms with Gasteiger partial charge in [0.05, 0.1) is 34.8 Å². The average molecular weight is 593 g/mol. The number of hydrogen-bond acceptors (Lipinski definition) is 6. The Hall–Kier alpha value is -3.40. The summed E-state index contributed by atoms with van der Waals surface area (Å²) in [4.78, 5) is 34.7. The lowest BCUT2D eigenvalue weighted by Crippen LogP contribution is -2.43. The first-order valence-corrected chi connectivity index (χ1v) is 13.8. The minimum Gasteiger partial charge on any atom is -0.483 e. The summed E-state index contributed by atoms with van der Waals surface area (Å²) in [6, 6.07) is 25.0. The highest BCUT2D eigenvalue weighted by molar-refractivity contribution is 9.10. The number of aliphatic imine (C=N–C) groups is 1. The van der Waals surface area contributed by atoms with Crippen LogP contribution in [0.3, 0.4) is 0 Å². The van der Waals surface area contributed by atoms with Crippen molar-refractivity contribution in [1.82, 2.24) is 9.80 Å². The van der Waals surface area contributed by atoms with Gasteiger partial charge in [-0.2, -0.15) is 0 Å². The third-order valence-corrected chi connectivity index (χ3v) is 7.65. The van der Waals surface area contributed by atoms with Crippen LogP contribution >= 0.6 is 27.7 Å². The molecule has 38 heavy (non-hydrogen) atoms. The number of nitrogens with zero attached hydrogens (tertiary/aromatic N) is 3. The molecule has 5 rings (SSSR count). The summed E-state index contributed by atoms with van der Waals surface area (Å²) in [6.45, 7) is 2.66. The number of thioether (sulfide) groups is 1. The number of morpholine rings is 1. The van der Waals surface area contributed by atoms with Crippen molar-refractivity contribution in [3.8, 4) is 5.75 Å². The van der Waals surface area contributed by atoms with E-state index in [2.05, 4.69) is 15.9 Å². The summed E-state index contributed by atoms with van der Waals surface area (Å²) in [5.41, 5.74) is 2.65. The molecular weight excluding hydrogens is 566 g/mol. The largest absolute Gasteiger partial charge is 0.483 e. The molecule has 0 unspecified atom stereocenters. The van der Waals surface area contributed by atoms with Gasteiger partial charge in [-0.05, 0) is 69.2 Å². The van der Waals surface area contributed by atoms with E-state index in [9.17, 15) is 9.59 Å². The van der Waals surface area contributed by atoms with Crippen LogP contribution in [-0.4, -0.2) is 59.7 Å². The molecule has 2 saturated heterocycles. The van der Waals surface area contributed by atoms with Crippen LogP contribution in [0.5, 0.6) is 5.75 Å². The standard InChI is InChI=1S/C29H26BrN3O4S/c30-24-17-22(11-12-25(24)37-20-27(34)32-13-15-36-16-14-32)18-26-28(35)33(19-21-7-3-1-4-8-21)29(38-26)31-23-9-5-2-6-10-23/h1-12,17-18H,13-16,19-20H2/b26-18-,31-29?. The first-order chi connectivity index (χ1) is 18.6. The number of para-hydroxylation sites is 1. The third kappa shape index (κ3) is 6.53. The van der Waals surface area contributed by atoms with Crippen LogP contribution in [0.1, 0.15) is 11.1 Å². The highest BCUT2D eigenvalue weighted by atomic mass is 79.9. The van der Waals surface area contributed by atoms with Crippen molar-refractivity contribution in [3.05, 3.63) is 99.4 Å². The fourth-order valence-electron chi connectivity index (χ4n) is 4.03. The van der Waals surface area contributed by atoms with E-state index < -0.39 is 0 Å². The molecule has 3 aromatic carbocycles. The van der Waals surface area contributed by atoms with Gasteiger partial charge in [0.2, 0.25) is 0 Å². The van der Waals surface area contributed by atoms with E-state index in [4.69, 9.17) is 14.5 Å². The van der Waals surface area contributed by atoms with E-state index in [-0.39, 0.29) is 18.4 Å². The molecule has 0 aromatic heterocycles. The molecule has 0 radical (unpaired) electrons. The molecule has 9 heteroatoms. The maximum Gasteiger partial charge on any atom is 0.267 e. The third-order valence-electron chi connectivity index (χ3n) is 6.02. The number of halogens is 1. The molecule has 0 saturated carbocycles. The van der Waals surface area contributed by atoms with Gasteiger partial charge in [0, 0.05) is 13.1 Å². The number of amides is 2. The van der Waals surface area contributed by atoms with Crippen LogP contribution in [0.15, 0.2) is 93.2 Å². The lowest BCUT2D eigenvalue weighted by atomic mass is 10.2. The molecule has 0 aliphatic carbocycles. The Kier molecular flexibility index (Phi) is 8.58. The van der Waals surface area contributed by atoms with Crippen LogP contribution in [0, 0.1) is 0 Å². The van der Waals surface area contributed by atoms with Gasteiger partial charge in [0.25, 0.3) is 11.8 Å². The molecule has 7 nitrogen and oxygen atoms in total. The highest BCUT2D eigenvalue weighted by Gasteiger charge is 2.33. The predicted molar refractivity (Wildman–Crippen MR) is 153 cm³/mol. The second-order valence-corrected chi connectivity index (χ2v) is 10.6. The molecule has 2 aliphatic rings. The topological polar surface area (TPSA) is 71.4 Å². The van der Waals surface area contributed by atoms with Crippen molar-refractivity contribution in [2.45, 2.75) is 6.54 Å². The Morgan fingerprint density at radius 1 is 1.03 bits per heavy atom. The zero-order valence-corrected chi connectivity index (χ0v) is 23.0. The highest BCUT2D eigenvalue weighted by Crippen LogP contribution is 2.36. The van der Waals surface area contributed by atoms with Gasteiger partial charge in [-0.25, -0.2) is 4.99 Å². The maximum absolute atomic E-state index is 13.5. The van der Waals surface area contributed by atoms with Crippen molar-refractivity contribution < 1.29 is 19.1 Å². The number of ether oxygens (including phenoxy) is 2. The fraction of sp³-hybridized carbons (Fsp3) is 0.207. The lowest BCUT2D eigenvalue weighted by molar-refractivity contribution is -0.137. The van der Waals surface area contributed by atoms with Crippen molar-refractivity contribution >= 4 is 56.4 Å². The smallest absolute Gasteiger partial charge is 0.267 e. The Morgan fingerprint density at radius 3 is 2.45 bits per heavy atom. The van der Waals surface area contributed by atoms with E-state index in [1.807, 2.05) is 78.9 Å². The molecular formula is C29H26BrN3O4S. The number of benzene rings is 3. The van der Waals surface area contributed by atoms with Crippen molar-refractivity contribution in [2.24, 2.45) is 4.99 Å². The molecule has 3 aromatic rings. The normalized spacial score (nSPS) is 17.9. The monoisotopic (exact) mass is 591 g/mol. The van der Waals surface area contributed by atoms with E-state index in [0.29, 0.717) is 53.1 Å². The number of carbonyl (C=O) groups excluding carboxylic acids is 2. The fourth-order valence-corrected chi connectivity index (χ4v) is 5.54. The SMILES string of the molecule is O=C(COc1ccc(/C=C2\SC(=Nc3ccccc3)N(Cc3ccccc3)C2=O)cc1Br)N1CCOCC1. The van der Waals surface area contributed by atoms with Crippen molar-refractivity contribution in [3.63, 3.8) is 0 Å². The van der Waals surface area contributed by atoms with Crippen molar-refractivity contribution in [1.29, 1.82) is 0 Å². The summed E-state index contributed by atoms with van der Waals surface area (Å²) in [5.74, 6) is 0.403. The summed E-state index contributed by atoms with van der Waals surface area (Å²) in [7, 11) is 0. The van der Waals surface area contributed by atoms with Gasteiger partial charge in [-0.1, -0.05) is 54.6 Å². The molecule has 2 heterocycles. The molecule has 2 aliphatic heterocycles. The van der Waals surface area contributed by atoms with Gasteiger partial charge >= 0.3 is 0 Å². The summed E-state index contributed by atoms with van der Waals surface area (Å²) < 4.78 is 11.8. The zero-order chi connectivity index (χ0) is 26.3. The van der Waals surface area contributed by atoms with E-state index in [1.54, 1.807) is 15.9 Å². The quantitative estimate of drug-likeness (QED) is 0.340. The molecule has 194 valence electrons. The van der Waals surface area contributed by atoms with Gasteiger partial charge in [-0.15, -0.1) is 0 Å². The first-order valence-electron chi connectivity index (χ1n) is 12.2. The van der Waals surface area contributed by atoms with Gasteiger partial charge in [0.15, 0.2) is 11.8 Å². The Balaban J connectivity index is 1.33. The predicted octanol–water partition coefficient (Wildman–Crippen LogP) is 5.49. The average Bonchev–Trinajstić information content (AvgIpc) is 3.22. The number of amidine groups is 1. The maximum atomic E-state index is 13.5. The van der Waals surface area contributed by atoms with Gasteiger partial charge in [-0.3, -0.25) is 14.5 Å². The second kappa shape index (κ2) is 12.4. The number of hydrogen-bond donors (Lipinski definition) is 0. The van der Waals surface area contributed by atoms with Gasteiger partial charge in [0.1, 0.15) is 5.75 Å². The van der Waals surface area contributed by atoms with Crippen LogP contribution in [0.4, 0.5) is 5.69 Å². The molecule has 0 bridgehead atoms. The van der Waals surface area contributed by atoms with E-state index in [0.717, 1.165) is 16.8 Å². The van der Waals surface area contributed by atoms with Crippen LogP contribution in [-0.2, 0) is 20.9 Å². The minimum absolute atomic E-state index is 0.0405. The van der Waals surface area contributed by atoms with Gasteiger partial charge < -0.3 is 14.4 Å². The Bertz CT molecular complexity index is 1360. The number of carbonyl (C=O) groups is 2. The molecule has 0 atom stereocenters. The van der Waals surface area contributed by atoms with Crippen LogP contribution < -0.4 is 4.74 Å². The summed E-state index contributed by atoms with van der Waals surface area (Å²) >= 11 is 4.90. The second-order valence-electron chi connectivity index (χ2n) is 8.69. The summed E-state index contributed by atoms with van der Waals surface area (Å²) in [6.07, 6.45) is 1.85. The van der Waals surface area contributed by atoms with Crippen molar-refractivity contribution in [2.75, 3.05) is 32.9 Å². The zero-order valence-electron chi connectivity index (χ0n) is 20.6. The number of rotatable bonds is 7. The Morgan fingerprint density at radius 2 is 1.74 bits per heavy atom. The summed E-state index contributed by atoms with van der Waals surface area (Å²) in [5, 5.41) is 0.636. The minimum atomic E-state index is -0.0962. The first kappa shape index (κ1) is 26.2. The molecule has 0 spiro atoms. The molecule has 2 amide bonds. The van der Waals surface area contributed by atoms with Crippen LogP contribution in [0.2, 0.25) is 0 Å².